The van der Waals surface area contributed by atoms with Gasteiger partial charge in [-0.05, 0) is 18.2 Å². The van der Waals surface area contributed by atoms with Gasteiger partial charge in [-0.1, -0.05) is 15.9 Å². The summed E-state index contributed by atoms with van der Waals surface area (Å²) in [5, 5.41) is 0. The van der Waals surface area contributed by atoms with Crippen molar-refractivity contribution in [2.75, 3.05) is 0 Å². The molecule has 1 N–H and O–H groups in total. The SMILES string of the molecule is O=C1CC(S(=O)(=O)O)Oc2ccc(Br)cc21. The monoisotopic (exact) mass is 306 g/mol. The van der Waals surface area contributed by atoms with Crippen LogP contribution >= 0.6 is 15.9 Å². The first kappa shape index (κ1) is 11.6. The zero-order chi connectivity index (χ0) is 11.9. The molecule has 1 aliphatic heterocycles. The Morgan fingerprint density at radius 1 is 1.44 bits per heavy atom. The molecule has 1 aromatic rings. The molecule has 1 unspecified atom stereocenters. The standard InChI is InChI=1S/C9H7BrO5S/c10-5-1-2-8-6(3-5)7(11)4-9(15-8)16(12,13)14/h1-3,9H,4H2,(H,12,13,14). The fourth-order valence-corrected chi connectivity index (χ4v) is 2.38. The smallest absolute Gasteiger partial charge is 0.303 e. The molecule has 0 spiro atoms. The second-order valence-electron chi connectivity index (χ2n) is 3.33. The summed E-state index contributed by atoms with van der Waals surface area (Å²) in [6, 6.07) is 4.66. The van der Waals surface area contributed by atoms with Gasteiger partial charge in [-0.25, -0.2) is 0 Å². The molecule has 1 aliphatic rings. The van der Waals surface area contributed by atoms with Crippen LogP contribution in [0.25, 0.3) is 0 Å². The van der Waals surface area contributed by atoms with Crippen LogP contribution < -0.4 is 4.74 Å². The second kappa shape index (κ2) is 3.83. The number of ether oxygens (including phenoxy) is 1. The van der Waals surface area contributed by atoms with Crippen molar-refractivity contribution in [1.29, 1.82) is 0 Å². The Bertz CT molecular complexity index is 551. The van der Waals surface area contributed by atoms with Crippen LogP contribution in [-0.2, 0) is 10.1 Å². The lowest BCUT2D eigenvalue weighted by molar-refractivity contribution is 0.0905. The molecule has 0 amide bonds. The largest absolute Gasteiger partial charge is 0.471 e. The van der Waals surface area contributed by atoms with Crippen LogP contribution in [0.2, 0.25) is 0 Å². The molecule has 2 rings (SSSR count). The van der Waals surface area contributed by atoms with Crippen LogP contribution in [0.1, 0.15) is 16.8 Å². The number of hydrogen-bond acceptors (Lipinski definition) is 4. The molecule has 0 fully saturated rings. The highest BCUT2D eigenvalue weighted by atomic mass is 79.9. The summed E-state index contributed by atoms with van der Waals surface area (Å²) in [7, 11) is -4.37. The first-order valence-corrected chi connectivity index (χ1v) is 6.63. The van der Waals surface area contributed by atoms with Crippen molar-refractivity contribution in [2.24, 2.45) is 0 Å². The molecule has 5 nitrogen and oxygen atoms in total. The summed E-state index contributed by atoms with van der Waals surface area (Å²) >= 11 is 3.20. The number of Topliss-reactive ketones (excluding diaryl/α,β-unsaturated/α-hetero) is 1. The number of ketones is 1. The maximum absolute atomic E-state index is 11.6. The summed E-state index contributed by atoms with van der Waals surface area (Å²) in [5.74, 6) is -0.202. The van der Waals surface area contributed by atoms with Crippen LogP contribution in [0.5, 0.6) is 5.75 Å². The van der Waals surface area contributed by atoms with Gasteiger partial charge >= 0.3 is 10.1 Å². The minimum Gasteiger partial charge on any atom is -0.471 e. The van der Waals surface area contributed by atoms with Crippen molar-refractivity contribution in [3.63, 3.8) is 0 Å². The van der Waals surface area contributed by atoms with Gasteiger partial charge < -0.3 is 4.74 Å². The normalized spacial score (nSPS) is 20.1. The van der Waals surface area contributed by atoms with Gasteiger partial charge in [0.15, 0.2) is 5.78 Å². The molecular weight excluding hydrogens is 300 g/mol. The van der Waals surface area contributed by atoms with Crippen molar-refractivity contribution in [3.05, 3.63) is 28.2 Å². The topological polar surface area (TPSA) is 80.7 Å². The molecule has 1 atom stereocenters. The van der Waals surface area contributed by atoms with E-state index in [1.165, 1.54) is 6.07 Å². The third-order valence-electron chi connectivity index (χ3n) is 2.18. The van der Waals surface area contributed by atoms with E-state index in [9.17, 15) is 13.2 Å². The van der Waals surface area contributed by atoms with Gasteiger partial charge in [0.25, 0.3) is 0 Å². The highest BCUT2D eigenvalue weighted by Gasteiger charge is 2.34. The lowest BCUT2D eigenvalue weighted by atomic mass is 10.1. The number of carbonyl (C=O) groups excluding carboxylic acids is 1. The minimum atomic E-state index is -4.37. The first-order chi connectivity index (χ1) is 7.38. The first-order valence-electron chi connectivity index (χ1n) is 4.33. The summed E-state index contributed by atoms with van der Waals surface area (Å²) in [5.41, 5.74) is -1.19. The van der Waals surface area contributed by atoms with Crippen molar-refractivity contribution in [1.82, 2.24) is 0 Å². The van der Waals surface area contributed by atoms with Crippen LogP contribution in [-0.4, -0.2) is 24.2 Å². The Balaban J connectivity index is 2.45. The highest BCUT2D eigenvalue weighted by molar-refractivity contribution is 9.10. The Morgan fingerprint density at radius 2 is 2.12 bits per heavy atom. The van der Waals surface area contributed by atoms with E-state index in [-0.39, 0.29) is 18.0 Å². The van der Waals surface area contributed by atoms with Crippen LogP contribution in [0.15, 0.2) is 22.7 Å². The molecule has 0 radical (unpaired) electrons. The Morgan fingerprint density at radius 3 is 2.75 bits per heavy atom. The molecule has 86 valence electrons. The molecule has 7 heteroatoms. The quantitative estimate of drug-likeness (QED) is 0.798. The maximum Gasteiger partial charge on any atom is 0.303 e. The third kappa shape index (κ3) is 2.11. The number of fused-ring (bicyclic) bond motifs is 1. The fraction of sp³-hybridized carbons (Fsp3) is 0.222. The predicted molar refractivity (Wildman–Crippen MR) is 59.1 cm³/mol. The fourth-order valence-electron chi connectivity index (χ4n) is 1.43. The van der Waals surface area contributed by atoms with Gasteiger partial charge in [0.05, 0.1) is 12.0 Å². The predicted octanol–water partition coefficient (Wildman–Crippen LogP) is 1.63. The second-order valence-corrected chi connectivity index (χ2v) is 5.80. The van der Waals surface area contributed by atoms with E-state index in [0.29, 0.717) is 10.0 Å². The Labute approximate surface area is 100 Å². The molecular formula is C9H7BrO5S. The summed E-state index contributed by atoms with van der Waals surface area (Å²) in [4.78, 5) is 11.6. The van der Waals surface area contributed by atoms with E-state index in [4.69, 9.17) is 9.29 Å². The van der Waals surface area contributed by atoms with E-state index in [2.05, 4.69) is 15.9 Å². The number of benzene rings is 1. The van der Waals surface area contributed by atoms with Crippen molar-refractivity contribution >= 4 is 31.8 Å². The Hall–Kier alpha value is -0.920. The summed E-state index contributed by atoms with van der Waals surface area (Å²) in [6.07, 6.45) is -0.373. The molecule has 0 saturated carbocycles. The number of rotatable bonds is 1. The van der Waals surface area contributed by atoms with Gasteiger partial charge in [0, 0.05) is 4.47 Å². The van der Waals surface area contributed by atoms with Crippen LogP contribution in [0, 0.1) is 0 Å². The van der Waals surface area contributed by atoms with E-state index in [0.717, 1.165) is 0 Å². The van der Waals surface area contributed by atoms with Crippen molar-refractivity contribution in [2.45, 2.75) is 11.9 Å². The van der Waals surface area contributed by atoms with Crippen LogP contribution in [0.4, 0.5) is 0 Å². The van der Waals surface area contributed by atoms with Crippen molar-refractivity contribution < 1.29 is 22.5 Å². The molecule has 16 heavy (non-hydrogen) atoms. The van der Waals surface area contributed by atoms with Gasteiger partial charge in [-0.3, -0.25) is 9.35 Å². The maximum atomic E-state index is 11.6. The van der Waals surface area contributed by atoms with Gasteiger partial charge in [0.1, 0.15) is 5.75 Å². The van der Waals surface area contributed by atoms with Gasteiger partial charge in [0.2, 0.25) is 5.44 Å². The minimum absolute atomic E-state index is 0.169. The summed E-state index contributed by atoms with van der Waals surface area (Å²) < 4.78 is 36.3. The molecule has 1 aromatic carbocycles. The molecule has 0 saturated heterocycles. The molecule has 0 aromatic heterocycles. The molecule has 0 bridgehead atoms. The zero-order valence-electron chi connectivity index (χ0n) is 7.88. The number of carbonyl (C=O) groups is 1. The molecule has 0 aliphatic carbocycles. The lowest BCUT2D eigenvalue weighted by Gasteiger charge is -2.22. The van der Waals surface area contributed by atoms with E-state index in [1.807, 2.05) is 0 Å². The Kier molecular flexibility index (Phi) is 2.77. The summed E-state index contributed by atoms with van der Waals surface area (Å²) in [6.45, 7) is 0. The number of hydrogen-bond donors (Lipinski definition) is 1. The van der Waals surface area contributed by atoms with Crippen molar-refractivity contribution in [3.8, 4) is 5.75 Å². The average molecular weight is 307 g/mol. The van der Waals surface area contributed by atoms with E-state index < -0.39 is 15.6 Å². The van der Waals surface area contributed by atoms with Gasteiger partial charge in [-0.15, -0.1) is 0 Å². The lowest BCUT2D eigenvalue weighted by Crippen LogP contribution is -2.33. The van der Waals surface area contributed by atoms with E-state index in [1.54, 1.807) is 12.1 Å². The third-order valence-corrected chi connectivity index (χ3v) is 3.61. The highest BCUT2D eigenvalue weighted by Crippen LogP contribution is 2.31. The average Bonchev–Trinajstić information content (AvgIpc) is 2.17. The van der Waals surface area contributed by atoms with Gasteiger partial charge in [-0.2, -0.15) is 8.42 Å². The molecule has 1 heterocycles. The van der Waals surface area contributed by atoms with Crippen LogP contribution in [0.3, 0.4) is 0 Å². The van der Waals surface area contributed by atoms with E-state index >= 15 is 0 Å². The zero-order valence-corrected chi connectivity index (χ0v) is 10.3. The number of halogens is 1.